The van der Waals surface area contributed by atoms with Gasteiger partial charge in [-0.15, -0.1) is 0 Å². The third-order valence-corrected chi connectivity index (χ3v) is 5.63. The van der Waals surface area contributed by atoms with Crippen molar-refractivity contribution in [3.05, 3.63) is 0 Å². The molecule has 0 heterocycles. The Morgan fingerprint density at radius 2 is 1.43 bits per heavy atom. The van der Waals surface area contributed by atoms with Crippen LogP contribution in [0.4, 0.5) is 0 Å². The van der Waals surface area contributed by atoms with Gasteiger partial charge in [-0.1, -0.05) is 37.4 Å². The number of hydrogen-bond donors (Lipinski definition) is 1. The highest BCUT2D eigenvalue weighted by atomic mass is 32.2. The minimum Gasteiger partial charge on any atom is -0.468 e. The van der Waals surface area contributed by atoms with E-state index in [1.165, 1.54) is 18.9 Å². The lowest BCUT2D eigenvalue weighted by Gasteiger charge is -2.18. The van der Waals surface area contributed by atoms with E-state index in [-0.39, 0.29) is 17.6 Å². The van der Waals surface area contributed by atoms with Gasteiger partial charge in [0.15, 0.2) is 0 Å². The van der Waals surface area contributed by atoms with Crippen LogP contribution in [0.2, 0.25) is 0 Å². The van der Waals surface area contributed by atoms with Crippen molar-refractivity contribution >= 4 is 28.8 Å². The number of thioether (sulfide) groups is 1. The fourth-order valence-corrected chi connectivity index (χ4v) is 3.40. The van der Waals surface area contributed by atoms with Crippen LogP contribution < -0.4 is 5.32 Å². The van der Waals surface area contributed by atoms with Crippen LogP contribution in [-0.4, -0.2) is 76.5 Å². The van der Waals surface area contributed by atoms with Crippen molar-refractivity contribution in [2.75, 3.05) is 59.6 Å². The van der Waals surface area contributed by atoms with Gasteiger partial charge in [0.05, 0.1) is 33.5 Å². The molecule has 0 fully saturated rings. The number of nitrogens with one attached hydrogen (secondary N) is 1. The Labute approximate surface area is 185 Å². The summed E-state index contributed by atoms with van der Waals surface area (Å²) >= 11 is 1.20. The van der Waals surface area contributed by atoms with Crippen LogP contribution in [0.3, 0.4) is 0 Å². The highest BCUT2D eigenvalue weighted by Gasteiger charge is 2.36. The number of amides is 1. The molecular weight excluding hydrogens is 410 g/mol. The predicted octanol–water partition coefficient (Wildman–Crippen LogP) is 2.58. The van der Waals surface area contributed by atoms with E-state index in [2.05, 4.69) is 10.1 Å². The zero-order chi connectivity index (χ0) is 22.7. The third-order valence-electron chi connectivity index (χ3n) is 4.37. The average molecular weight is 450 g/mol. The number of unbranched alkanes of at least 4 members (excludes halogenated alkanes) is 5. The van der Waals surface area contributed by atoms with Gasteiger partial charge in [-0.25, -0.2) is 0 Å². The Hall–Kier alpha value is -1.16. The van der Waals surface area contributed by atoms with Gasteiger partial charge in [-0.2, -0.15) is 0 Å². The van der Waals surface area contributed by atoms with Gasteiger partial charge in [-0.3, -0.25) is 14.4 Å². The van der Waals surface area contributed by atoms with Crippen molar-refractivity contribution in [2.24, 2.45) is 5.41 Å². The van der Waals surface area contributed by atoms with Crippen molar-refractivity contribution in [1.82, 2.24) is 5.32 Å². The quantitative estimate of drug-likeness (QED) is 0.182. The molecule has 9 heteroatoms. The summed E-state index contributed by atoms with van der Waals surface area (Å²) in [6.45, 7) is 5.81. The number of carbonyl (C=O) groups is 3. The summed E-state index contributed by atoms with van der Waals surface area (Å²) in [4.78, 5) is 35.3. The van der Waals surface area contributed by atoms with Gasteiger partial charge < -0.3 is 24.3 Å². The molecule has 1 N–H and O–H groups in total. The van der Waals surface area contributed by atoms with Crippen molar-refractivity contribution < 1.29 is 33.3 Å². The summed E-state index contributed by atoms with van der Waals surface area (Å²) in [6.07, 6.45) is 6.16. The van der Waals surface area contributed by atoms with Crippen molar-refractivity contribution in [1.29, 1.82) is 0 Å². The number of carbonyl (C=O) groups excluding carboxylic acids is 3. The van der Waals surface area contributed by atoms with E-state index in [1.807, 2.05) is 0 Å². The fourth-order valence-electron chi connectivity index (χ4n) is 2.42. The van der Waals surface area contributed by atoms with E-state index in [0.717, 1.165) is 38.5 Å². The van der Waals surface area contributed by atoms with Crippen LogP contribution in [0.5, 0.6) is 0 Å². The Morgan fingerprint density at radius 1 is 0.833 bits per heavy atom. The molecule has 0 aliphatic heterocycles. The highest BCUT2D eigenvalue weighted by molar-refractivity contribution is 8.13. The molecule has 0 aromatic carbocycles. The first kappa shape index (κ1) is 28.8. The largest absolute Gasteiger partial charge is 0.468 e. The summed E-state index contributed by atoms with van der Waals surface area (Å²) in [6, 6.07) is 0. The Bertz CT molecular complexity index is 486. The number of hydrogen-bond acceptors (Lipinski definition) is 8. The Morgan fingerprint density at radius 3 is 2.10 bits per heavy atom. The molecule has 1 amide bonds. The monoisotopic (exact) mass is 449 g/mol. The molecule has 176 valence electrons. The first-order chi connectivity index (χ1) is 14.4. The summed E-state index contributed by atoms with van der Waals surface area (Å²) in [5.41, 5.74) is -1.09. The van der Waals surface area contributed by atoms with Crippen LogP contribution in [0.25, 0.3) is 0 Å². The first-order valence-electron chi connectivity index (χ1n) is 10.5. The van der Waals surface area contributed by atoms with Gasteiger partial charge in [0, 0.05) is 19.4 Å². The molecule has 0 radical (unpaired) electrons. The summed E-state index contributed by atoms with van der Waals surface area (Å²) < 4.78 is 20.0. The van der Waals surface area contributed by atoms with Crippen LogP contribution in [0, 0.1) is 5.41 Å². The summed E-state index contributed by atoms with van der Waals surface area (Å²) in [5.74, 6) is 0.112. The van der Waals surface area contributed by atoms with Crippen molar-refractivity contribution in [3.63, 3.8) is 0 Å². The maximum atomic E-state index is 12.1. The molecule has 0 rings (SSSR count). The topological polar surface area (TPSA) is 100 Å². The first-order valence-corrected chi connectivity index (χ1v) is 11.5. The van der Waals surface area contributed by atoms with Crippen LogP contribution in [0.1, 0.15) is 52.4 Å². The fraction of sp³-hybridized carbons (Fsp3) is 0.857. The summed E-state index contributed by atoms with van der Waals surface area (Å²) in [7, 11) is 2.91. The molecule has 0 aliphatic rings. The van der Waals surface area contributed by atoms with Crippen LogP contribution in [0.15, 0.2) is 0 Å². The van der Waals surface area contributed by atoms with Crippen molar-refractivity contribution in [2.45, 2.75) is 52.4 Å². The maximum Gasteiger partial charge on any atom is 0.319 e. The van der Waals surface area contributed by atoms with Crippen LogP contribution >= 0.6 is 11.8 Å². The molecule has 0 bridgehead atoms. The third kappa shape index (κ3) is 14.8. The molecule has 0 unspecified atom stereocenters. The molecular formula is C21H39NO7S. The SMILES string of the molecule is COCCOCCOCC(=O)NCCCCCCCCSC(=O)C(C)(C)C(=O)OC. The predicted molar refractivity (Wildman–Crippen MR) is 117 cm³/mol. The minimum atomic E-state index is -1.09. The molecule has 0 aromatic rings. The van der Waals surface area contributed by atoms with E-state index in [4.69, 9.17) is 14.2 Å². The zero-order valence-electron chi connectivity index (χ0n) is 19.0. The Kier molecular flexibility index (Phi) is 17.9. The Balaban J connectivity index is 3.45. The molecule has 8 nitrogen and oxygen atoms in total. The van der Waals surface area contributed by atoms with Gasteiger partial charge in [0.1, 0.15) is 12.0 Å². The van der Waals surface area contributed by atoms with E-state index < -0.39 is 11.4 Å². The zero-order valence-corrected chi connectivity index (χ0v) is 19.8. The van der Waals surface area contributed by atoms with Gasteiger partial charge in [0.2, 0.25) is 11.0 Å². The number of ether oxygens (including phenoxy) is 4. The second kappa shape index (κ2) is 18.6. The summed E-state index contributed by atoms with van der Waals surface area (Å²) in [5, 5.41) is 2.70. The lowest BCUT2D eigenvalue weighted by atomic mass is 9.96. The number of methoxy groups -OCH3 is 2. The standard InChI is InChI=1S/C21H39NO7S/c1-21(2,19(24)27-4)20(25)30-16-10-8-6-5-7-9-11-22-18(23)17-29-15-14-28-13-12-26-3/h5-17H2,1-4H3,(H,22,23). The molecule has 30 heavy (non-hydrogen) atoms. The van der Waals surface area contributed by atoms with Gasteiger partial charge in [-0.05, 0) is 26.7 Å². The second-order valence-corrected chi connectivity index (χ2v) is 8.45. The molecule has 0 aliphatic carbocycles. The minimum absolute atomic E-state index is 0.0524. The lowest BCUT2D eigenvalue weighted by molar-refractivity contribution is -0.153. The van der Waals surface area contributed by atoms with Crippen LogP contribution in [-0.2, 0) is 33.3 Å². The molecule has 0 saturated carbocycles. The van der Waals surface area contributed by atoms with E-state index >= 15 is 0 Å². The molecule has 0 aromatic heterocycles. The van der Waals surface area contributed by atoms with E-state index in [0.29, 0.717) is 38.7 Å². The van der Waals surface area contributed by atoms with Gasteiger partial charge in [0.25, 0.3) is 0 Å². The molecule has 0 saturated heterocycles. The number of esters is 1. The average Bonchev–Trinajstić information content (AvgIpc) is 2.73. The number of rotatable bonds is 19. The highest BCUT2D eigenvalue weighted by Crippen LogP contribution is 2.26. The van der Waals surface area contributed by atoms with E-state index in [9.17, 15) is 14.4 Å². The lowest BCUT2D eigenvalue weighted by Crippen LogP contribution is -2.32. The molecule has 0 spiro atoms. The smallest absolute Gasteiger partial charge is 0.319 e. The van der Waals surface area contributed by atoms with Crippen molar-refractivity contribution in [3.8, 4) is 0 Å². The van der Waals surface area contributed by atoms with Gasteiger partial charge >= 0.3 is 5.97 Å². The molecule has 0 atom stereocenters. The maximum absolute atomic E-state index is 12.1. The second-order valence-electron chi connectivity index (χ2n) is 7.38. The van der Waals surface area contributed by atoms with E-state index in [1.54, 1.807) is 21.0 Å². The normalized spacial score (nSPS) is 11.3.